The van der Waals surface area contributed by atoms with Crippen LogP contribution in [0.2, 0.25) is 0 Å². The number of aliphatic hydroxyl groups excluding tert-OH is 1. The van der Waals surface area contributed by atoms with Crippen molar-refractivity contribution in [3.63, 3.8) is 0 Å². The zero-order valence-electron chi connectivity index (χ0n) is 11.0. The molecule has 1 N–H and O–H groups in total. The van der Waals surface area contributed by atoms with Crippen LogP contribution in [-0.2, 0) is 14.6 Å². The van der Waals surface area contributed by atoms with Gasteiger partial charge in [0.2, 0.25) is 0 Å². The molecule has 0 aromatic carbocycles. The lowest BCUT2D eigenvalue weighted by Crippen LogP contribution is -2.38. The molecule has 102 valence electrons. The summed E-state index contributed by atoms with van der Waals surface area (Å²) in [5.41, 5.74) is -0.253. The zero-order valence-corrected chi connectivity index (χ0v) is 11.8. The van der Waals surface area contributed by atoms with Gasteiger partial charge in [0.15, 0.2) is 9.84 Å². The molecule has 0 aliphatic carbocycles. The summed E-state index contributed by atoms with van der Waals surface area (Å²) in [5.74, 6) is 0.150. The first kappa shape index (κ1) is 14.9. The third kappa shape index (κ3) is 3.66. The van der Waals surface area contributed by atoms with Crippen LogP contribution in [0.4, 0.5) is 0 Å². The van der Waals surface area contributed by atoms with Gasteiger partial charge in [0, 0.05) is 19.8 Å². The normalized spacial score (nSPS) is 21.4. The average Bonchev–Trinajstić information content (AvgIpc) is 2.26. The fourth-order valence-corrected chi connectivity index (χ4v) is 3.26. The summed E-state index contributed by atoms with van der Waals surface area (Å²) < 4.78 is 28.6. The molecular formula is C12H24O4S. The fourth-order valence-electron chi connectivity index (χ4n) is 1.95. The number of aliphatic hydroxyl groups is 1. The second kappa shape index (κ2) is 5.24. The monoisotopic (exact) mass is 264 g/mol. The Morgan fingerprint density at radius 3 is 2.18 bits per heavy atom. The van der Waals surface area contributed by atoms with Gasteiger partial charge in [-0.15, -0.1) is 0 Å². The van der Waals surface area contributed by atoms with E-state index in [0.29, 0.717) is 19.6 Å². The number of sulfone groups is 1. The molecule has 1 fully saturated rings. The SMILES string of the molecule is CC(C)(C)S(=O)(=O)CCC1(CO)CCOCC1. The van der Waals surface area contributed by atoms with Gasteiger partial charge in [0.25, 0.3) is 0 Å². The van der Waals surface area contributed by atoms with Gasteiger partial charge in [0.1, 0.15) is 0 Å². The molecule has 0 radical (unpaired) electrons. The highest BCUT2D eigenvalue weighted by Crippen LogP contribution is 2.35. The summed E-state index contributed by atoms with van der Waals surface area (Å²) in [6.07, 6.45) is 2.04. The van der Waals surface area contributed by atoms with Crippen molar-refractivity contribution in [2.24, 2.45) is 5.41 Å². The number of hydrogen-bond acceptors (Lipinski definition) is 4. The first-order valence-corrected chi connectivity index (χ1v) is 7.79. The van der Waals surface area contributed by atoms with Crippen LogP contribution in [0.3, 0.4) is 0 Å². The van der Waals surface area contributed by atoms with Gasteiger partial charge in [-0.05, 0) is 45.4 Å². The molecule has 1 heterocycles. The molecule has 0 bridgehead atoms. The highest BCUT2D eigenvalue weighted by molar-refractivity contribution is 7.92. The molecule has 1 saturated heterocycles. The van der Waals surface area contributed by atoms with Crippen molar-refractivity contribution in [3.05, 3.63) is 0 Å². The van der Waals surface area contributed by atoms with Crippen LogP contribution in [0.5, 0.6) is 0 Å². The molecule has 0 saturated carbocycles. The standard InChI is InChI=1S/C12H24O4S/c1-11(2,3)17(14,15)9-6-12(10-13)4-7-16-8-5-12/h13H,4-10H2,1-3H3. The van der Waals surface area contributed by atoms with Gasteiger partial charge in [-0.2, -0.15) is 0 Å². The van der Waals surface area contributed by atoms with Crippen molar-refractivity contribution in [2.45, 2.75) is 44.8 Å². The molecule has 1 aliphatic heterocycles. The maximum absolute atomic E-state index is 12.0. The molecule has 4 nitrogen and oxygen atoms in total. The molecule has 0 aromatic rings. The highest BCUT2D eigenvalue weighted by Gasteiger charge is 2.36. The molecule has 1 rings (SSSR count). The van der Waals surface area contributed by atoms with E-state index in [0.717, 1.165) is 12.8 Å². The van der Waals surface area contributed by atoms with Gasteiger partial charge in [-0.1, -0.05) is 0 Å². The number of rotatable bonds is 4. The Morgan fingerprint density at radius 1 is 1.24 bits per heavy atom. The third-order valence-corrected chi connectivity index (χ3v) is 6.33. The molecule has 17 heavy (non-hydrogen) atoms. The van der Waals surface area contributed by atoms with E-state index in [9.17, 15) is 13.5 Å². The third-order valence-electron chi connectivity index (χ3n) is 3.72. The van der Waals surface area contributed by atoms with Gasteiger partial charge in [-0.3, -0.25) is 0 Å². The predicted octanol–water partition coefficient (Wildman–Crippen LogP) is 1.38. The Kier molecular flexibility index (Phi) is 4.60. The van der Waals surface area contributed by atoms with Crippen LogP contribution in [0.15, 0.2) is 0 Å². The van der Waals surface area contributed by atoms with Crippen molar-refractivity contribution >= 4 is 9.84 Å². The smallest absolute Gasteiger partial charge is 0.155 e. The Balaban J connectivity index is 2.65. The lowest BCUT2D eigenvalue weighted by Gasteiger charge is -2.36. The van der Waals surface area contributed by atoms with Crippen molar-refractivity contribution in [1.82, 2.24) is 0 Å². The van der Waals surface area contributed by atoms with E-state index in [2.05, 4.69) is 0 Å². The summed E-state index contributed by atoms with van der Waals surface area (Å²) in [6, 6.07) is 0. The van der Waals surface area contributed by atoms with E-state index in [1.807, 2.05) is 0 Å². The van der Waals surface area contributed by atoms with Crippen LogP contribution in [0.1, 0.15) is 40.0 Å². The minimum atomic E-state index is -3.10. The largest absolute Gasteiger partial charge is 0.396 e. The van der Waals surface area contributed by atoms with Crippen molar-refractivity contribution < 1.29 is 18.3 Å². The Bertz CT molecular complexity index is 334. The maximum atomic E-state index is 12.0. The topological polar surface area (TPSA) is 63.6 Å². The van der Waals surface area contributed by atoms with Crippen LogP contribution in [-0.4, -0.2) is 43.8 Å². The van der Waals surface area contributed by atoms with E-state index in [1.165, 1.54) is 0 Å². The predicted molar refractivity (Wildman–Crippen MR) is 67.7 cm³/mol. The van der Waals surface area contributed by atoms with Gasteiger partial charge < -0.3 is 9.84 Å². The molecule has 1 aliphatic rings. The van der Waals surface area contributed by atoms with Crippen LogP contribution >= 0.6 is 0 Å². The number of ether oxygens (including phenoxy) is 1. The first-order chi connectivity index (χ1) is 7.72. The lowest BCUT2D eigenvalue weighted by atomic mass is 9.79. The fraction of sp³-hybridized carbons (Fsp3) is 1.00. The summed E-state index contributed by atoms with van der Waals surface area (Å²) in [7, 11) is -3.10. The Morgan fingerprint density at radius 2 is 1.76 bits per heavy atom. The van der Waals surface area contributed by atoms with Crippen molar-refractivity contribution in [2.75, 3.05) is 25.6 Å². The number of hydrogen-bond donors (Lipinski definition) is 1. The zero-order chi connectivity index (χ0) is 13.2. The van der Waals surface area contributed by atoms with Gasteiger partial charge in [0.05, 0.1) is 10.5 Å². The molecule has 0 amide bonds. The van der Waals surface area contributed by atoms with Crippen molar-refractivity contribution in [1.29, 1.82) is 0 Å². The molecule has 0 atom stereocenters. The van der Waals surface area contributed by atoms with E-state index in [1.54, 1.807) is 20.8 Å². The summed E-state index contributed by atoms with van der Waals surface area (Å²) in [6.45, 7) is 6.45. The molecule has 0 spiro atoms. The second-order valence-electron chi connectivity index (χ2n) is 5.95. The van der Waals surface area contributed by atoms with E-state index in [-0.39, 0.29) is 17.8 Å². The molecule has 5 heteroatoms. The Hall–Kier alpha value is -0.130. The minimum absolute atomic E-state index is 0.0516. The van der Waals surface area contributed by atoms with Crippen LogP contribution in [0, 0.1) is 5.41 Å². The second-order valence-corrected chi connectivity index (χ2v) is 8.81. The van der Waals surface area contributed by atoms with Gasteiger partial charge >= 0.3 is 0 Å². The van der Waals surface area contributed by atoms with Crippen molar-refractivity contribution in [3.8, 4) is 0 Å². The quantitative estimate of drug-likeness (QED) is 0.833. The molecule has 0 aromatic heterocycles. The van der Waals surface area contributed by atoms with Crippen LogP contribution in [0.25, 0.3) is 0 Å². The molecular weight excluding hydrogens is 240 g/mol. The average molecular weight is 264 g/mol. The Labute approximate surface area is 104 Å². The highest BCUT2D eigenvalue weighted by atomic mass is 32.2. The summed E-state index contributed by atoms with van der Waals surface area (Å²) >= 11 is 0. The van der Waals surface area contributed by atoms with Gasteiger partial charge in [-0.25, -0.2) is 8.42 Å². The maximum Gasteiger partial charge on any atom is 0.155 e. The lowest BCUT2D eigenvalue weighted by molar-refractivity contribution is -0.0175. The van der Waals surface area contributed by atoms with Crippen LogP contribution < -0.4 is 0 Å². The van der Waals surface area contributed by atoms with E-state index < -0.39 is 14.6 Å². The minimum Gasteiger partial charge on any atom is -0.396 e. The molecule has 0 unspecified atom stereocenters. The van der Waals surface area contributed by atoms with E-state index in [4.69, 9.17) is 4.74 Å². The summed E-state index contributed by atoms with van der Waals surface area (Å²) in [5, 5.41) is 9.49. The summed E-state index contributed by atoms with van der Waals surface area (Å²) in [4.78, 5) is 0. The van der Waals surface area contributed by atoms with E-state index >= 15 is 0 Å². The first-order valence-electron chi connectivity index (χ1n) is 6.13.